The van der Waals surface area contributed by atoms with Crippen LogP contribution in [0, 0.1) is 11.8 Å². The van der Waals surface area contributed by atoms with E-state index in [1.54, 1.807) is 0 Å². The third kappa shape index (κ3) is 5.01. The second kappa shape index (κ2) is 7.23. The maximum Gasteiger partial charge on any atom is 0.211 e. The minimum Gasteiger partial charge on any atom is -0.314 e. The molecule has 4 nitrogen and oxygen atoms in total. The van der Waals surface area contributed by atoms with Gasteiger partial charge in [-0.1, -0.05) is 20.3 Å². The zero-order valence-electron chi connectivity index (χ0n) is 12.9. The van der Waals surface area contributed by atoms with Gasteiger partial charge in [-0.05, 0) is 56.9 Å². The molecule has 4 atom stereocenters. The molecule has 1 aliphatic heterocycles. The Morgan fingerprint density at radius 3 is 2.60 bits per heavy atom. The van der Waals surface area contributed by atoms with Crippen molar-refractivity contribution < 1.29 is 8.42 Å². The van der Waals surface area contributed by atoms with Crippen LogP contribution in [-0.2, 0) is 10.0 Å². The molecule has 2 N–H and O–H groups in total. The number of piperidine rings is 1. The Bertz CT molecular complexity index is 391. The molecule has 1 heterocycles. The first-order valence-electron chi connectivity index (χ1n) is 8.19. The molecule has 1 saturated carbocycles. The molecule has 0 radical (unpaired) electrons. The fourth-order valence-corrected chi connectivity index (χ4v) is 5.12. The van der Waals surface area contributed by atoms with Crippen molar-refractivity contribution >= 4 is 10.0 Å². The van der Waals surface area contributed by atoms with Crippen molar-refractivity contribution in [1.29, 1.82) is 0 Å². The maximum atomic E-state index is 12.2. The highest BCUT2D eigenvalue weighted by atomic mass is 32.2. The first kappa shape index (κ1) is 16.2. The number of hydrogen-bond donors (Lipinski definition) is 2. The van der Waals surface area contributed by atoms with Crippen molar-refractivity contribution in [3.05, 3.63) is 0 Å². The Kier molecular flexibility index (Phi) is 5.87. The maximum absolute atomic E-state index is 12.2. The number of sulfonamides is 1. The molecular weight excluding hydrogens is 272 g/mol. The number of hydrogen-bond acceptors (Lipinski definition) is 3. The van der Waals surface area contributed by atoms with Crippen LogP contribution < -0.4 is 10.0 Å². The zero-order chi connectivity index (χ0) is 14.6. The summed E-state index contributed by atoms with van der Waals surface area (Å²) in [4.78, 5) is 0. The van der Waals surface area contributed by atoms with Crippen molar-refractivity contribution in [2.75, 3.05) is 12.3 Å². The smallest absolute Gasteiger partial charge is 0.211 e. The minimum absolute atomic E-state index is 0.149. The Labute approximate surface area is 124 Å². The molecule has 2 rings (SSSR count). The van der Waals surface area contributed by atoms with E-state index >= 15 is 0 Å². The van der Waals surface area contributed by atoms with Crippen molar-refractivity contribution in [3.8, 4) is 0 Å². The standard InChI is InChI=1S/C15H30N2O2S/c1-12-6-7-15(13(2)11-12)17-20(18,19)10-8-14-5-3-4-9-16-14/h12-17H,3-11H2,1-2H3. The first-order valence-corrected chi connectivity index (χ1v) is 9.85. The molecule has 0 bridgehead atoms. The lowest BCUT2D eigenvalue weighted by Gasteiger charge is -2.33. The molecule has 0 amide bonds. The summed E-state index contributed by atoms with van der Waals surface area (Å²) in [6.07, 6.45) is 7.57. The second-order valence-corrected chi connectivity index (χ2v) is 8.75. The summed E-state index contributed by atoms with van der Waals surface area (Å²) in [6, 6.07) is 0.541. The molecular formula is C15H30N2O2S. The normalized spacial score (nSPS) is 35.9. The molecule has 0 aromatic rings. The summed E-state index contributed by atoms with van der Waals surface area (Å²) in [5, 5.41) is 3.42. The van der Waals surface area contributed by atoms with Crippen LogP contribution in [0.15, 0.2) is 0 Å². The highest BCUT2D eigenvalue weighted by Gasteiger charge is 2.29. The molecule has 0 spiro atoms. The van der Waals surface area contributed by atoms with Gasteiger partial charge in [-0.3, -0.25) is 0 Å². The van der Waals surface area contributed by atoms with Crippen molar-refractivity contribution in [2.24, 2.45) is 11.8 Å². The van der Waals surface area contributed by atoms with E-state index < -0.39 is 10.0 Å². The summed E-state index contributed by atoms with van der Waals surface area (Å²) in [5.74, 6) is 1.46. The number of nitrogens with one attached hydrogen (secondary N) is 2. The molecule has 20 heavy (non-hydrogen) atoms. The Hall–Kier alpha value is -0.130. The van der Waals surface area contributed by atoms with Crippen LogP contribution >= 0.6 is 0 Å². The van der Waals surface area contributed by atoms with E-state index in [1.165, 1.54) is 12.8 Å². The van der Waals surface area contributed by atoms with Crippen LogP contribution in [0.1, 0.15) is 58.8 Å². The summed E-state index contributed by atoms with van der Waals surface area (Å²) >= 11 is 0. The SMILES string of the molecule is CC1CCC(NS(=O)(=O)CCC2CCCCN2)C(C)C1. The van der Waals surface area contributed by atoms with Crippen LogP contribution in [0.5, 0.6) is 0 Å². The average molecular weight is 302 g/mol. The van der Waals surface area contributed by atoms with Gasteiger partial charge in [-0.25, -0.2) is 13.1 Å². The summed E-state index contributed by atoms with van der Waals surface area (Å²) in [6.45, 7) is 5.47. The Morgan fingerprint density at radius 2 is 1.95 bits per heavy atom. The van der Waals surface area contributed by atoms with Gasteiger partial charge >= 0.3 is 0 Å². The quantitative estimate of drug-likeness (QED) is 0.819. The van der Waals surface area contributed by atoms with E-state index in [4.69, 9.17) is 0 Å². The van der Waals surface area contributed by atoms with Gasteiger partial charge in [-0.2, -0.15) is 0 Å². The van der Waals surface area contributed by atoms with Crippen LogP contribution in [0.3, 0.4) is 0 Å². The fraction of sp³-hybridized carbons (Fsp3) is 1.00. The summed E-state index contributed by atoms with van der Waals surface area (Å²) in [7, 11) is -3.12. The second-order valence-electron chi connectivity index (χ2n) is 6.87. The third-order valence-electron chi connectivity index (χ3n) is 4.91. The Morgan fingerprint density at radius 1 is 1.15 bits per heavy atom. The summed E-state index contributed by atoms with van der Waals surface area (Å²) < 4.78 is 27.4. The average Bonchev–Trinajstić information content (AvgIpc) is 2.41. The molecule has 0 aromatic carbocycles. The van der Waals surface area contributed by atoms with Crippen LogP contribution in [0.4, 0.5) is 0 Å². The van der Waals surface area contributed by atoms with Crippen LogP contribution in [-0.4, -0.2) is 32.8 Å². The molecule has 118 valence electrons. The van der Waals surface area contributed by atoms with E-state index in [2.05, 4.69) is 23.9 Å². The monoisotopic (exact) mass is 302 g/mol. The predicted octanol–water partition coefficient (Wildman–Crippen LogP) is 2.26. The largest absolute Gasteiger partial charge is 0.314 e. The molecule has 4 unspecified atom stereocenters. The van der Waals surface area contributed by atoms with Crippen LogP contribution in [0.2, 0.25) is 0 Å². The highest BCUT2D eigenvalue weighted by Crippen LogP contribution is 2.29. The van der Waals surface area contributed by atoms with Gasteiger partial charge < -0.3 is 5.32 Å². The van der Waals surface area contributed by atoms with Gasteiger partial charge in [0, 0.05) is 12.1 Å². The van der Waals surface area contributed by atoms with E-state index in [1.807, 2.05) is 0 Å². The Balaban J connectivity index is 1.78. The lowest BCUT2D eigenvalue weighted by molar-refractivity contribution is 0.249. The first-order chi connectivity index (χ1) is 9.46. The van der Waals surface area contributed by atoms with Crippen molar-refractivity contribution in [2.45, 2.75) is 70.9 Å². The molecule has 2 aliphatic rings. The molecule has 5 heteroatoms. The van der Waals surface area contributed by atoms with E-state index in [9.17, 15) is 8.42 Å². The minimum atomic E-state index is -3.12. The lowest BCUT2D eigenvalue weighted by atomic mass is 9.80. The third-order valence-corrected chi connectivity index (χ3v) is 6.34. The molecule has 2 fully saturated rings. The molecule has 1 aliphatic carbocycles. The topological polar surface area (TPSA) is 58.2 Å². The van der Waals surface area contributed by atoms with Gasteiger partial charge in [0.15, 0.2) is 0 Å². The lowest BCUT2D eigenvalue weighted by Crippen LogP contribution is -2.44. The van der Waals surface area contributed by atoms with E-state index in [0.717, 1.165) is 44.6 Å². The van der Waals surface area contributed by atoms with Gasteiger partial charge in [0.2, 0.25) is 10.0 Å². The van der Waals surface area contributed by atoms with Crippen LogP contribution in [0.25, 0.3) is 0 Å². The zero-order valence-corrected chi connectivity index (χ0v) is 13.7. The van der Waals surface area contributed by atoms with E-state index in [0.29, 0.717) is 12.0 Å². The predicted molar refractivity (Wildman–Crippen MR) is 83.1 cm³/mol. The van der Waals surface area contributed by atoms with Gasteiger partial charge in [0.1, 0.15) is 0 Å². The van der Waals surface area contributed by atoms with Crippen molar-refractivity contribution in [1.82, 2.24) is 10.0 Å². The van der Waals surface area contributed by atoms with Gasteiger partial charge in [0.25, 0.3) is 0 Å². The highest BCUT2D eigenvalue weighted by molar-refractivity contribution is 7.89. The van der Waals surface area contributed by atoms with Crippen molar-refractivity contribution in [3.63, 3.8) is 0 Å². The fourth-order valence-electron chi connectivity index (χ4n) is 3.60. The summed E-state index contributed by atoms with van der Waals surface area (Å²) in [5.41, 5.74) is 0. The molecule has 0 aromatic heterocycles. The molecule has 1 saturated heterocycles. The number of rotatable bonds is 5. The van der Waals surface area contributed by atoms with Gasteiger partial charge in [0.05, 0.1) is 5.75 Å². The van der Waals surface area contributed by atoms with E-state index in [-0.39, 0.29) is 11.8 Å². The van der Waals surface area contributed by atoms with Gasteiger partial charge in [-0.15, -0.1) is 0 Å².